The minimum absolute atomic E-state index is 0.186. The second-order valence-corrected chi connectivity index (χ2v) is 3.98. The third-order valence-electron chi connectivity index (χ3n) is 2.56. The van der Waals surface area contributed by atoms with Gasteiger partial charge in [0, 0.05) is 11.9 Å². The molecule has 0 atom stereocenters. The van der Waals surface area contributed by atoms with E-state index in [0.717, 1.165) is 10.7 Å². The van der Waals surface area contributed by atoms with Gasteiger partial charge in [0.05, 0.1) is 12.7 Å². The molecule has 0 aliphatic rings. The van der Waals surface area contributed by atoms with Gasteiger partial charge in [-0.3, -0.25) is 0 Å². The van der Waals surface area contributed by atoms with E-state index in [1.54, 1.807) is 0 Å². The van der Waals surface area contributed by atoms with E-state index < -0.39 is 17.8 Å². The van der Waals surface area contributed by atoms with Crippen LogP contribution in [0.15, 0.2) is 24.4 Å². The van der Waals surface area contributed by atoms with E-state index in [1.165, 1.54) is 32.4 Å². The lowest BCUT2D eigenvalue weighted by Crippen LogP contribution is -2.09. The van der Waals surface area contributed by atoms with Crippen molar-refractivity contribution in [2.75, 3.05) is 7.11 Å². The van der Waals surface area contributed by atoms with Crippen molar-refractivity contribution >= 4 is 5.97 Å². The molecule has 0 saturated carbocycles. The number of hydrogen-bond donors (Lipinski definition) is 0. The number of rotatable bonds is 2. The third kappa shape index (κ3) is 2.63. The number of hydrogen-bond acceptors (Lipinski definition) is 4. The molecule has 0 amide bonds. The molecule has 0 fully saturated rings. The van der Waals surface area contributed by atoms with E-state index in [4.69, 9.17) is 0 Å². The molecule has 2 rings (SSSR count). The topological polar surface area (TPSA) is 57.0 Å². The number of halogens is 3. The molecule has 5 nitrogen and oxygen atoms in total. The Hall–Kier alpha value is -2.38. The summed E-state index contributed by atoms with van der Waals surface area (Å²) in [6.07, 6.45) is -3.29. The molecule has 0 spiro atoms. The normalized spacial score (nSPS) is 11.4. The number of methoxy groups -OCH3 is 1. The van der Waals surface area contributed by atoms with Gasteiger partial charge in [0.15, 0.2) is 11.5 Å². The summed E-state index contributed by atoms with van der Waals surface area (Å²) in [7, 11) is 1.23. The quantitative estimate of drug-likeness (QED) is 0.795. The highest BCUT2D eigenvalue weighted by Crippen LogP contribution is 2.29. The first-order valence-corrected chi connectivity index (χ1v) is 5.51. The summed E-state index contributed by atoms with van der Waals surface area (Å²) in [6.45, 7) is 1.48. The van der Waals surface area contributed by atoms with Gasteiger partial charge >= 0.3 is 12.1 Å². The average molecular weight is 285 g/mol. The van der Waals surface area contributed by atoms with E-state index in [9.17, 15) is 18.0 Å². The molecule has 2 aromatic rings. The number of ether oxygens (including phenoxy) is 1. The van der Waals surface area contributed by atoms with E-state index in [-0.39, 0.29) is 17.1 Å². The zero-order chi connectivity index (χ0) is 14.9. The Morgan fingerprint density at radius 1 is 1.35 bits per heavy atom. The number of pyridine rings is 1. The summed E-state index contributed by atoms with van der Waals surface area (Å²) >= 11 is 0. The average Bonchev–Trinajstić information content (AvgIpc) is 2.80. The molecule has 0 bridgehead atoms. The maximum absolute atomic E-state index is 12.6. The van der Waals surface area contributed by atoms with Crippen molar-refractivity contribution < 1.29 is 22.7 Å². The van der Waals surface area contributed by atoms with Gasteiger partial charge in [0.25, 0.3) is 0 Å². The minimum Gasteiger partial charge on any atom is -0.465 e. The van der Waals surface area contributed by atoms with Crippen LogP contribution in [0, 0.1) is 6.92 Å². The molecule has 0 saturated heterocycles. The third-order valence-corrected chi connectivity index (χ3v) is 2.56. The predicted octanol–water partition coefficient (Wildman–Crippen LogP) is 2.38. The first kappa shape index (κ1) is 14.0. The van der Waals surface area contributed by atoms with Crippen LogP contribution in [0.25, 0.3) is 5.82 Å². The molecule has 106 valence electrons. The molecule has 0 N–H and O–H groups in total. The van der Waals surface area contributed by atoms with E-state index in [1.807, 2.05) is 0 Å². The van der Waals surface area contributed by atoms with Crippen LogP contribution in [0.4, 0.5) is 13.2 Å². The Bertz CT molecular complexity index is 632. The second-order valence-electron chi connectivity index (χ2n) is 3.98. The molecule has 2 aromatic heterocycles. The number of carbonyl (C=O) groups is 1. The van der Waals surface area contributed by atoms with Crippen molar-refractivity contribution in [2.24, 2.45) is 0 Å². The van der Waals surface area contributed by atoms with E-state index in [0.29, 0.717) is 0 Å². The van der Waals surface area contributed by atoms with Crippen molar-refractivity contribution in [1.29, 1.82) is 0 Å². The molecule has 2 heterocycles. The van der Waals surface area contributed by atoms with Gasteiger partial charge in [0.1, 0.15) is 0 Å². The van der Waals surface area contributed by atoms with Crippen LogP contribution < -0.4 is 0 Å². The highest BCUT2D eigenvalue weighted by atomic mass is 19.4. The first-order valence-electron chi connectivity index (χ1n) is 5.51. The molecular formula is C12H10F3N3O2. The maximum Gasteiger partial charge on any atom is 0.435 e. The lowest BCUT2D eigenvalue weighted by Gasteiger charge is -2.04. The Morgan fingerprint density at radius 2 is 2.05 bits per heavy atom. The van der Waals surface area contributed by atoms with Crippen molar-refractivity contribution in [1.82, 2.24) is 14.8 Å². The Labute approximate surface area is 112 Å². The Kier molecular flexibility index (Phi) is 3.47. The molecule has 20 heavy (non-hydrogen) atoms. The summed E-state index contributed by atoms with van der Waals surface area (Å²) < 4.78 is 43.2. The van der Waals surface area contributed by atoms with Crippen molar-refractivity contribution in [3.05, 3.63) is 41.3 Å². The van der Waals surface area contributed by atoms with Crippen molar-refractivity contribution in [2.45, 2.75) is 13.1 Å². The lowest BCUT2D eigenvalue weighted by molar-refractivity contribution is -0.141. The van der Waals surface area contributed by atoms with Crippen LogP contribution in [0.5, 0.6) is 0 Å². The van der Waals surface area contributed by atoms with Gasteiger partial charge in [-0.05, 0) is 25.1 Å². The molecule has 0 aliphatic heterocycles. The fourth-order valence-corrected chi connectivity index (χ4v) is 1.59. The maximum atomic E-state index is 12.6. The lowest BCUT2D eigenvalue weighted by atomic mass is 10.3. The predicted molar refractivity (Wildman–Crippen MR) is 62.4 cm³/mol. The minimum atomic E-state index is -4.51. The van der Waals surface area contributed by atoms with Crippen LogP contribution >= 0.6 is 0 Å². The molecular weight excluding hydrogens is 275 g/mol. The molecule has 0 unspecified atom stereocenters. The number of esters is 1. The highest BCUT2D eigenvalue weighted by molar-refractivity contribution is 5.88. The summed E-state index contributed by atoms with van der Waals surface area (Å²) in [4.78, 5) is 15.1. The van der Waals surface area contributed by atoms with Gasteiger partial charge in [-0.1, -0.05) is 0 Å². The summed E-state index contributed by atoms with van der Waals surface area (Å²) in [5.74, 6) is -0.386. The second kappa shape index (κ2) is 4.95. The zero-order valence-electron chi connectivity index (χ0n) is 10.6. The molecule has 8 heteroatoms. The van der Waals surface area contributed by atoms with Crippen LogP contribution in [-0.2, 0) is 10.9 Å². The molecule has 0 aromatic carbocycles. The largest absolute Gasteiger partial charge is 0.465 e. The standard InChI is InChI=1S/C12H10F3N3O2/c1-7-5-9(12(13,14)15)17-18(7)10-4-3-8(6-16-10)11(19)20-2/h3-6H,1-2H3. The Morgan fingerprint density at radius 3 is 2.50 bits per heavy atom. The van der Waals surface area contributed by atoms with Gasteiger partial charge in [-0.25, -0.2) is 14.5 Å². The highest BCUT2D eigenvalue weighted by Gasteiger charge is 2.34. The number of carbonyl (C=O) groups excluding carboxylic acids is 1. The van der Waals surface area contributed by atoms with Crippen molar-refractivity contribution in [3.8, 4) is 5.82 Å². The molecule has 0 radical (unpaired) electrons. The van der Waals surface area contributed by atoms with Gasteiger partial charge in [0.2, 0.25) is 0 Å². The fourth-order valence-electron chi connectivity index (χ4n) is 1.59. The van der Waals surface area contributed by atoms with Crippen molar-refractivity contribution in [3.63, 3.8) is 0 Å². The Balaban J connectivity index is 2.37. The monoisotopic (exact) mass is 285 g/mol. The smallest absolute Gasteiger partial charge is 0.435 e. The van der Waals surface area contributed by atoms with Gasteiger partial charge < -0.3 is 4.74 Å². The fraction of sp³-hybridized carbons (Fsp3) is 0.250. The first-order chi connectivity index (χ1) is 9.32. The summed E-state index contributed by atoms with van der Waals surface area (Å²) in [6, 6.07) is 3.73. The van der Waals surface area contributed by atoms with E-state index >= 15 is 0 Å². The SMILES string of the molecule is COC(=O)c1ccc(-n2nc(C(F)(F)F)cc2C)nc1. The van der Waals surface area contributed by atoms with Crippen LogP contribution in [0.1, 0.15) is 21.7 Å². The number of alkyl halides is 3. The van der Waals surface area contributed by atoms with Crippen LogP contribution in [-0.4, -0.2) is 27.8 Å². The summed E-state index contributed by atoms with van der Waals surface area (Å²) in [5.41, 5.74) is -0.499. The van der Waals surface area contributed by atoms with Gasteiger partial charge in [-0.15, -0.1) is 0 Å². The van der Waals surface area contributed by atoms with E-state index in [2.05, 4.69) is 14.8 Å². The zero-order valence-corrected chi connectivity index (χ0v) is 10.6. The van der Waals surface area contributed by atoms with Crippen LogP contribution in [0.2, 0.25) is 0 Å². The summed E-state index contributed by atoms with van der Waals surface area (Å²) in [5, 5.41) is 3.46. The number of aryl methyl sites for hydroxylation is 1. The number of aromatic nitrogens is 3. The van der Waals surface area contributed by atoms with Crippen LogP contribution in [0.3, 0.4) is 0 Å². The molecule has 0 aliphatic carbocycles. The van der Waals surface area contributed by atoms with Gasteiger partial charge in [-0.2, -0.15) is 18.3 Å². The number of nitrogens with zero attached hydrogens (tertiary/aromatic N) is 3.